The van der Waals surface area contributed by atoms with Crippen molar-refractivity contribution in [3.8, 4) is 0 Å². The molecule has 6 nitrogen and oxygen atoms in total. The first-order chi connectivity index (χ1) is 8.73. The van der Waals surface area contributed by atoms with Crippen molar-refractivity contribution in [3.63, 3.8) is 0 Å². The maximum atomic E-state index is 13.1. The van der Waals surface area contributed by atoms with Crippen LogP contribution in [0.1, 0.15) is 12.1 Å². The Labute approximate surface area is 106 Å². The normalized spacial score (nSPS) is 36.2. The van der Waals surface area contributed by atoms with Gasteiger partial charge in [0.2, 0.25) is 11.3 Å². The zero-order valence-corrected chi connectivity index (χ0v) is 9.63. The van der Waals surface area contributed by atoms with Crippen molar-refractivity contribution in [3.05, 3.63) is 24.3 Å². The molecule has 2 heterocycles. The van der Waals surface area contributed by atoms with Crippen LogP contribution in [0.5, 0.6) is 0 Å². The fourth-order valence-corrected chi connectivity index (χ4v) is 2.08. The first-order valence-corrected chi connectivity index (χ1v) is 5.40. The van der Waals surface area contributed by atoms with E-state index < -0.39 is 23.6 Å². The van der Waals surface area contributed by atoms with Crippen molar-refractivity contribution >= 4 is 0 Å². The number of alkyl halides is 3. The van der Waals surface area contributed by atoms with Gasteiger partial charge in [0.1, 0.15) is 6.33 Å². The van der Waals surface area contributed by atoms with Gasteiger partial charge in [0.25, 0.3) is 0 Å². The molecular weight excluding hydrogens is 267 g/mol. The van der Waals surface area contributed by atoms with Crippen LogP contribution in [0, 0.1) is 0 Å². The molecule has 3 unspecified atom stereocenters. The molecule has 2 rings (SSSR count). The summed E-state index contributed by atoms with van der Waals surface area (Å²) in [6.07, 6.45) is -5.54. The number of hydrogen-bond acceptors (Lipinski definition) is 6. The van der Waals surface area contributed by atoms with Gasteiger partial charge >= 0.3 is 6.18 Å². The van der Waals surface area contributed by atoms with Gasteiger partial charge in [0, 0.05) is 12.6 Å². The SMILES string of the molecule is NC1(c2ccncn2)OCCC(O)C1(O)C(F)(F)F. The van der Waals surface area contributed by atoms with Crippen molar-refractivity contribution in [1.82, 2.24) is 9.97 Å². The van der Waals surface area contributed by atoms with Gasteiger partial charge in [-0.25, -0.2) is 9.97 Å². The van der Waals surface area contributed by atoms with Crippen LogP contribution in [-0.2, 0) is 10.5 Å². The molecule has 1 fully saturated rings. The van der Waals surface area contributed by atoms with E-state index in [1.54, 1.807) is 0 Å². The molecule has 0 aliphatic carbocycles. The summed E-state index contributed by atoms with van der Waals surface area (Å²) in [5.41, 5.74) is -1.10. The van der Waals surface area contributed by atoms with Crippen LogP contribution in [0.3, 0.4) is 0 Å². The van der Waals surface area contributed by atoms with Crippen LogP contribution in [0.2, 0.25) is 0 Å². The molecule has 0 aromatic carbocycles. The van der Waals surface area contributed by atoms with E-state index in [-0.39, 0.29) is 18.7 Å². The monoisotopic (exact) mass is 279 g/mol. The minimum Gasteiger partial charge on any atom is -0.389 e. The predicted octanol–water partition coefficient (Wildman–Crippen LogP) is -0.337. The summed E-state index contributed by atoms with van der Waals surface area (Å²) < 4.78 is 44.4. The average Bonchev–Trinajstić information content (AvgIpc) is 2.35. The quantitative estimate of drug-likeness (QED) is 0.650. The highest BCUT2D eigenvalue weighted by Gasteiger charge is 2.72. The molecule has 0 radical (unpaired) electrons. The van der Waals surface area contributed by atoms with Gasteiger partial charge in [0.05, 0.1) is 18.4 Å². The number of ether oxygens (including phenoxy) is 1. The molecule has 0 saturated carbocycles. The second kappa shape index (κ2) is 4.37. The lowest BCUT2D eigenvalue weighted by Crippen LogP contribution is -2.74. The van der Waals surface area contributed by atoms with E-state index in [9.17, 15) is 23.4 Å². The fourth-order valence-electron chi connectivity index (χ4n) is 2.08. The molecule has 0 bridgehead atoms. The number of aromatic nitrogens is 2. The summed E-state index contributed by atoms with van der Waals surface area (Å²) in [5, 5.41) is 19.6. The summed E-state index contributed by atoms with van der Waals surface area (Å²) in [7, 11) is 0. The van der Waals surface area contributed by atoms with Gasteiger partial charge in [-0.1, -0.05) is 0 Å². The number of rotatable bonds is 1. The highest BCUT2D eigenvalue weighted by molar-refractivity contribution is 5.21. The largest absolute Gasteiger partial charge is 0.424 e. The third-order valence-electron chi connectivity index (χ3n) is 3.16. The van der Waals surface area contributed by atoms with Gasteiger partial charge in [-0.2, -0.15) is 13.2 Å². The zero-order valence-electron chi connectivity index (χ0n) is 9.63. The van der Waals surface area contributed by atoms with E-state index >= 15 is 0 Å². The molecule has 1 saturated heterocycles. The van der Waals surface area contributed by atoms with Gasteiger partial charge in [-0.3, -0.25) is 5.73 Å². The Bertz CT molecular complexity index is 458. The van der Waals surface area contributed by atoms with Crippen LogP contribution in [0.25, 0.3) is 0 Å². The number of nitrogens with two attached hydrogens (primary N) is 1. The molecule has 1 aromatic rings. The third kappa shape index (κ3) is 1.89. The van der Waals surface area contributed by atoms with E-state index in [2.05, 4.69) is 9.97 Å². The highest BCUT2D eigenvalue weighted by atomic mass is 19.4. The summed E-state index contributed by atoms with van der Waals surface area (Å²) in [5.74, 6) is 0. The summed E-state index contributed by atoms with van der Waals surface area (Å²) in [4.78, 5) is 7.14. The predicted molar refractivity (Wildman–Crippen MR) is 55.5 cm³/mol. The first kappa shape index (κ1) is 14.1. The maximum absolute atomic E-state index is 13.1. The lowest BCUT2D eigenvalue weighted by molar-refractivity contribution is -0.376. The molecule has 3 atom stereocenters. The number of nitrogens with zero attached hydrogens (tertiary/aromatic N) is 2. The van der Waals surface area contributed by atoms with Gasteiger partial charge in [-0.15, -0.1) is 0 Å². The van der Waals surface area contributed by atoms with Crippen LogP contribution in [0.15, 0.2) is 18.6 Å². The van der Waals surface area contributed by atoms with Crippen LogP contribution < -0.4 is 5.73 Å². The average molecular weight is 279 g/mol. The Morgan fingerprint density at radius 3 is 2.68 bits per heavy atom. The van der Waals surface area contributed by atoms with Crippen LogP contribution in [-0.4, -0.2) is 44.7 Å². The van der Waals surface area contributed by atoms with Crippen LogP contribution >= 0.6 is 0 Å². The zero-order chi connectivity index (χ0) is 14.3. The van der Waals surface area contributed by atoms with Crippen molar-refractivity contribution in [2.45, 2.75) is 30.0 Å². The van der Waals surface area contributed by atoms with Gasteiger partial charge in [0.15, 0.2) is 0 Å². The maximum Gasteiger partial charge on any atom is 0.424 e. The Kier molecular flexibility index (Phi) is 3.25. The Hall–Kier alpha value is -1.29. The first-order valence-electron chi connectivity index (χ1n) is 5.40. The number of aliphatic hydroxyl groups is 2. The summed E-state index contributed by atoms with van der Waals surface area (Å²) >= 11 is 0. The molecule has 4 N–H and O–H groups in total. The van der Waals surface area contributed by atoms with E-state index in [0.29, 0.717) is 0 Å². The summed E-state index contributed by atoms with van der Waals surface area (Å²) in [6, 6.07) is 1.09. The highest BCUT2D eigenvalue weighted by Crippen LogP contribution is 2.48. The van der Waals surface area contributed by atoms with Crippen molar-refractivity contribution in [1.29, 1.82) is 0 Å². The van der Waals surface area contributed by atoms with Crippen molar-refractivity contribution in [2.24, 2.45) is 5.73 Å². The smallest absolute Gasteiger partial charge is 0.389 e. The molecular formula is C10H12F3N3O3. The molecule has 1 aliphatic heterocycles. The topological polar surface area (TPSA) is 101 Å². The molecule has 0 spiro atoms. The number of aliphatic hydroxyl groups excluding tert-OH is 1. The number of hydrogen-bond donors (Lipinski definition) is 3. The molecule has 1 aromatic heterocycles. The minimum absolute atomic E-state index is 0.236. The van der Waals surface area contributed by atoms with E-state index in [1.165, 1.54) is 0 Å². The van der Waals surface area contributed by atoms with Crippen LogP contribution in [0.4, 0.5) is 13.2 Å². The lowest BCUT2D eigenvalue weighted by atomic mass is 9.79. The third-order valence-corrected chi connectivity index (χ3v) is 3.16. The standard InChI is InChI=1S/C10H12F3N3O3/c11-10(12,13)8(18)7(17)2-4-19-9(8,14)6-1-3-15-5-16-6/h1,3,5,7,17-18H,2,4,14H2. The molecule has 106 valence electrons. The molecule has 0 amide bonds. The van der Waals surface area contributed by atoms with Crippen molar-refractivity contribution in [2.75, 3.05) is 6.61 Å². The second-order valence-corrected chi connectivity index (χ2v) is 4.25. The minimum atomic E-state index is -5.19. The molecule has 19 heavy (non-hydrogen) atoms. The Morgan fingerprint density at radius 1 is 1.47 bits per heavy atom. The van der Waals surface area contributed by atoms with Gasteiger partial charge < -0.3 is 14.9 Å². The molecule has 9 heteroatoms. The summed E-state index contributed by atoms with van der Waals surface area (Å²) in [6.45, 7) is -0.236. The Balaban J connectivity index is 2.58. The second-order valence-electron chi connectivity index (χ2n) is 4.25. The Morgan fingerprint density at radius 2 is 2.16 bits per heavy atom. The van der Waals surface area contributed by atoms with E-state index in [4.69, 9.17) is 10.5 Å². The lowest BCUT2D eigenvalue weighted by Gasteiger charge is -2.49. The molecule has 1 aliphatic rings. The van der Waals surface area contributed by atoms with E-state index in [0.717, 1.165) is 18.6 Å². The fraction of sp³-hybridized carbons (Fsp3) is 0.600. The number of halogens is 3. The van der Waals surface area contributed by atoms with Crippen molar-refractivity contribution < 1.29 is 28.1 Å². The van der Waals surface area contributed by atoms with Gasteiger partial charge in [-0.05, 0) is 6.07 Å². The van der Waals surface area contributed by atoms with E-state index in [1.807, 2.05) is 0 Å².